The lowest BCUT2D eigenvalue weighted by molar-refractivity contribution is -0.398. The van der Waals surface area contributed by atoms with E-state index in [0.29, 0.717) is 11.7 Å². The van der Waals surface area contributed by atoms with Crippen molar-refractivity contribution in [3.8, 4) is 5.88 Å². The van der Waals surface area contributed by atoms with Gasteiger partial charge in [-0.05, 0) is 6.42 Å². The van der Waals surface area contributed by atoms with E-state index >= 15 is 0 Å². The molecule has 2 N–H and O–H groups in total. The SMILES string of the molecule is C=[N+](C)c1nc(N)nc(OC)c1N(C)CCC. The standard InChI is InChI=1S/C11H20N5O/c1-6-7-16(4)8-9(15(2)3)13-11(12)14-10(8)17-5/h2,6-7H2,1,3-5H3,(H2,12,13,14)/q+1. The highest BCUT2D eigenvalue weighted by Crippen LogP contribution is 2.34. The van der Waals surface area contributed by atoms with Gasteiger partial charge in [0.05, 0.1) is 20.9 Å². The van der Waals surface area contributed by atoms with E-state index < -0.39 is 0 Å². The maximum Gasteiger partial charge on any atom is 0.356 e. The molecule has 0 spiro atoms. The Morgan fingerprint density at radius 2 is 2.12 bits per heavy atom. The highest BCUT2D eigenvalue weighted by atomic mass is 16.5. The summed E-state index contributed by atoms with van der Waals surface area (Å²) in [7, 11) is 5.34. The lowest BCUT2D eigenvalue weighted by atomic mass is 10.3. The quantitative estimate of drug-likeness (QED) is 0.609. The zero-order valence-electron chi connectivity index (χ0n) is 10.9. The minimum atomic E-state index is 0.181. The van der Waals surface area contributed by atoms with Crippen molar-refractivity contribution in [1.82, 2.24) is 9.97 Å². The van der Waals surface area contributed by atoms with Crippen LogP contribution in [0, 0.1) is 0 Å². The van der Waals surface area contributed by atoms with Gasteiger partial charge in [-0.1, -0.05) is 6.92 Å². The molecule has 0 radical (unpaired) electrons. The van der Waals surface area contributed by atoms with Gasteiger partial charge in [0.1, 0.15) is 0 Å². The van der Waals surface area contributed by atoms with E-state index in [4.69, 9.17) is 10.5 Å². The van der Waals surface area contributed by atoms with Crippen molar-refractivity contribution in [2.45, 2.75) is 13.3 Å². The van der Waals surface area contributed by atoms with E-state index in [1.54, 1.807) is 11.7 Å². The molecule has 6 heteroatoms. The smallest absolute Gasteiger partial charge is 0.356 e. The van der Waals surface area contributed by atoms with E-state index in [9.17, 15) is 0 Å². The molecule has 1 aromatic rings. The first-order valence-electron chi connectivity index (χ1n) is 5.48. The molecule has 0 saturated carbocycles. The van der Waals surface area contributed by atoms with Crippen molar-refractivity contribution < 1.29 is 9.31 Å². The number of nitrogens with two attached hydrogens (primary N) is 1. The zero-order chi connectivity index (χ0) is 13.0. The fourth-order valence-corrected chi connectivity index (χ4v) is 1.63. The molecule has 0 amide bonds. The lowest BCUT2D eigenvalue weighted by Gasteiger charge is -2.19. The molecular weight excluding hydrogens is 218 g/mol. The molecule has 0 aliphatic rings. The van der Waals surface area contributed by atoms with Gasteiger partial charge in [-0.15, -0.1) is 0 Å². The number of nitrogens with zero attached hydrogens (tertiary/aromatic N) is 4. The molecule has 0 fully saturated rings. The number of anilines is 2. The summed E-state index contributed by atoms with van der Waals surface area (Å²) in [4.78, 5) is 10.3. The van der Waals surface area contributed by atoms with E-state index in [1.165, 1.54) is 0 Å². The van der Waals surface area contributed by atoms with Crippen molar-refractivity contribution in [3.05, 3.63) is 0 Å². The topological polar surface area (TPSA) is 67.3 Å². The molecule has 1 heterocycles. The fourth-order valence-electron chi connectivity index (χ4n) is 1.63. The third kappa shape index (κ3) is 2.83. The van der Waals surface area contributed by atoms with Crippen LogP contribution in [-0.4, -0.2) is 49.0 Å². The van der Waals surface area contributed by atoms with Crippen LogP contribution in [0.15, 0.2) is 0 Å². The van der Waals surface area contributed by atoms with Gasteiger partial charge >= 0.3 is 11.8 Å². The predicted molar refractivity (Wildman–Crippen MR) is 69.5 cm³/mol. The fraction of sp³-hybridized carbons (Fsp3) is 0.545. The average molecular weight is 238 g/mol. The Balaban J connectivity index is 3.36. The summed E-state index contributed by atoms with van der Waals surface area (Å²) in [6.45, 7) is 6.82. The largest absolute Gasteiger partial charge is 0.479 e. The number of hydrogen-bond donors (Lipinski definition) is 1. The van der Waals surface area contributed by atoms with Crippen molar-refractivity contribution in [1.29, 1.82) is 0 Å². The number of aromatic nitrogens is 2. The zero-order valence-corrected chi connectivity index (χ0v) is 10.9. The minimum Gasteiger partial charge on any atom is -0.479 e. The molecule has 6 nitrogen and oxygen atoms in total. The van der Waals surface area contributed by atoms with Crippen LogP contribution in [0.5, 0.6) is 5.88 Å². The molecule has 0 saturated heterocycles. The molecule has 94 valence electrons. The third-order valence-corrected chi connectivity index (χ3v) is 2.35. The first-order chi connectivity index (χ1) is 8.01. The summed E-state index contributed by atoms with van der Waals surface area (Å²) >= 11 is 0. The first-order valence-corrected chi connectivity index (χ1v) is 5.48. The number of hydrogen-bond acceptors (Lipinski definition) is 5. The number of methoxy groups -OCH3 is 1. The highest BCUT2D eigenvalue weighted by molar-refractivity contribution is 5.67. The molecule has 1 rings (SSSR count). The van der Waals surface area contributed by atoms with E-state index in [-0.39, 0.29) is 5.95 Å². The summed E-state index contributed by atoms with van der Waals surface area (Å²) < 4.78 is 6.91. The Morgan fingerprint density at radius 3 is 2.59 bits per heavy atom. The van der Waals surface area contributed by atoms with Crippen LogP contribution in [0.1, 0.15) is 13.3 Å². The molecule has 0 atom stereocenters. The van der Waals surface area contributed by atoms with Crippen molar-refractivity contribution in [2.24, 2.45) is 0 Å². The van der Waals surface area contributed by atoms with Crippen LogP contribution in [-0.2, 0) is 0 Å². The van der Waals surface area contributed by atoms with Gasteiger partial charge in [0, 0.05) is 18.6 Å². The summed E-state index contributed by atoms with van der Waals surface area (Å²) in [6.07, 6.45) is 1.02. The van der Waals surface area contributed by atoms with Crippen molar-refractivity contribution >= 4 is 24.2 Å². The second kappa shape index (κ2) is 5.47. The molecule has 1 aromatic heterocycles. The van der Waals surface area contributed by atoms with Gasteiger partial charge in [-0.3, -0.25) is 0 Å². The first kappa shape index (κ1) is 13.2. The Kier molecular flexibility index (Phi) is 4.25. The van der Waals surface area contributed by atoms with Gasteiger partial charge in [-0.2, -0.15) is 4.98 Å². The summed E-state index contributed by atoms with van der Waals surface area (Å²) in [5.74, 6) is 1.31. The van der Waals surface area contributed by atoms with E-state index in [1.807, 2.05) is 19.0 Å². The lowest BCUT2D eigenvalue weighted by Crippen LogP contribution is -2.21. The maximum absolute atomic E-state index is 5.64. The molecule has 17 heavy (non-hydrogen) atoms. The Hall–Kier alpha value is -1.85. The Morgan fingerprint density at radius 1 is 1.47 bits per heavy atom. The molecule has 0 aromatic carbocycles. The summed E-state index contributed by atoms with van der Waals surface area (Å²) in [5, 5.41) is 0. The average Bonchev–Trinajstić information content (AvgIpc) is 2.27. The van der Waals surface area contributed by atoms with Crippen LogP contribution in [0.3, 0.4) is 0 Å². The van der Waals surface area contributed by atoms with Crippen LogP contribution in [0.4, 0.5) is 17.5 Å². The second-order valence-electron chi connectivity index (χ2n) is 3.88. The Labute approximate surface area is 102 Å². The van der Waals surface area contributed by atoms with Crippen LogP contribution >= 0.6 is 0 Å². The predicted octanol–water partition coefficient (Wildman–Crippen LogP) is 0.888. The van der Waals surface area contributed by atoms with E-state index in [0.717, 1.165) is 18.7 Å². The monoisotopic (exact) mass is 238 g/mol. The van der Waals surface area contributed by atoms with Gasteiger partial charge in [-0.25, -0.2) is 4.58 Å². The summed E-state index contributed by atoms with van der Waals surface area (Å²) in [5.41, 5.74) is 6.45. The van der Waals surface area contributed by atoms with Gasteiger partial charge in [0.25, 0.3) is 5.88 Å². The number of ether oxygens (including phenoxy) is 1. The van der Waals surface area contributed by atoms with Gasteiger partial charge < -0.3 is 15.4 Å². The maximum atomic E-state index is 5.64. The highest BCUT2D eigenvalue weighted by Gasteiger charge is 2.25. The molecule has 0 bridgehead atoms. The van der Waals surface area contributed by atoms with Crippen LogP contribution in [0.2, 0.25) is 0 Å². The summed E-state index contributed by atoms with van der Waals surface area (Å²) in [6, 6.07) is 0. The van der Waals surface area contributed by atoms with Gasteiger partial charge in [0.2, 0.25) is 0 Å². The van der Waals surface area contributed by atoms with Gasteiger partial charge in [0.15, 0.2) is 5.69 Å². The van der Waals surface area contributed by atoms with Crippen LogP contribution in [0.25, 0.3) is 0 Å². The second-order valence-corrected chi connectivity index (χ2v) is 3.88. The van der Waals surface area contributed by atoms with Crippen molar-refractivity contribution in [2.75, 3.05) is 38.4 Å². The van der Waals surface area contributed by atoms with E-state index in [2.05, 4.69) is 23.6 Å². The molecule has 0 unspecified atom stereocenters. The van der Waals surface area contributed by atoms with Crippen LogP contribution < -0.4 is 15.4 Å². The third-order valence-electron chi connectivity index (χ3n) is 2.35. The van der Waals surface area contributed by atoms with Crippen molar-refractivity contribution in [3.63, 3.8) is 0 Å². The molecule has 0 aliphatic heterocycles. The molecule has 0 aliphatic carbocycles. The minimum absolute atomic E-state index is 0.181. The number of nitrogen functional groups attached to an aromatic ring is 1. The number of rotatable bonds is 5. The normalized spacial score (nSPS) is 10.1. The molecular formula is C11H20N5O+. The Bertz CT molecular complexity index is 419.